The molecule has 2 nitrogen and oxygen atoms in total. The maximum atomic E-state index is 6.48. The standard InChI is InChI=1S/C59H39NO/c1-3-16-40(17-4-1)46-38-39-56(51-23-8-7-20-48(46)51)60(44-34-30-41(31-35-44)47-25-15-26-53-52-24-11-14-29-57(52)61-58(47)53)45-36-32-43(33-37-45)59(42-18-5-2-6-19-42)54-27-12-9-21-49(54)50-22-10-13-28-55(50)59/h1-39H. The normalized spacial score (nSPS) is 12.7. The van der Waals surface area contributed by atoms with Gasteiger partial charge in [0.05, 0.1) is 11.1 Å². The monoisotopic (exact) mass is 777 g/mol. The molecule has 10 aromatic carbocycles. The van der Waals surface area contributed by atoms with Gasteiger partial charge < -0.3 is 9.32 Å². The van der Waals surface area contributed by atoms with Crippen LogP contribution in [0.2, 0.25) is 0 Å². The van der Waals surface area contributed by atoms with Crippen LogP contribution >= 0.6 is 0 Å². The van der Waals surface area contributed by atoms with Crippen LogP contribution in [0.3, 0.4) is 0 Å². The van der Waals surface area contributed by atoms with E-state index in [-0.39, 0.29) is 0 Å². The Bertz CT molecular complexity index is 3350. The number of hydrogen-bond acceptors (Lipinski definition) is 2. The lowest BCUT2D eigenvalue weighted by atomic mass is 9.68. The van der Waals surface area contributed by atoms with Crippen LogP contribution in [0.5, 0.6) is 0 Å². The molecule has 0 bridgehead atoms. The molecule has 12 rings (SSSR count). The Morgan fingerprint density at radius 3 is 1.52 bits per heavy atom. The lowest BCUT2D eigenvalue weighted by Gasteiger charge is -2.34. The van der Waals surface area contributed by atoms with E-state index in [0.29, 0.717) is 0 Å². The van der Waals surface area contributed by atoms with E-state index in [1.807, 2.05) is 12.1 Å². The van der Waals surface area contributed by atoms with Crippen LogP contribution in [0.4, 0.5) is 17.1 Å². The van der Waals surface area contributed by atoms with Gasteiger partial charge in [-0.05, 0) is 91.9 Å². The van der Waals surface area contributed by atoms with E-state index in [1.54, 1.807) is 0 Å². The van der Waals surface area contributed by atoms with Crippen molar-refractivity contribution in [2.75, 3.05) is 4.90 Å². The van der Waals surface area contributed by atoms with Crippen LogP contribution in [0.25, 0.3) is 66.1 Å². The molecule has 61 heavy (non-hydrogen) atoms. The molecule has 11 aromatic rings. The fourth-order valence-electron chi connectivity index (χ4n) is 10.1. The van der Waals surface area contributed by atoms with Crippen LogP contribution in [-0.2, 0) is 5.41 Å². The van der Waals surface area contributed by atoms with E-state index in [4.69, 9.17) is 4.42 Å². The number of fused-ring (bicyclic) bond motifs is 7. The molecule has 0 unspecified atom stereocenters. The predicted molar refractivity (Wildman–Crippen MR) is 254 cm³/mol. The summed E-state index contributed by atoms with van der Waals surface area (Å²) < 4.78 is 6.48. The third kappa shape index (κ3) is 5.43. The zero-order valence-electron chi connectivity index (χ0n) is 33.4. The van der Waals surface area contributed by atoms with Crippen molar-refractivity contribution < 1.29 is 4.42 Å². The molecule has 0 fully saturated rings. The topological polar surface area (TPSA) is 16.4 Å². The molecule has 1 heterocycles. The summed E-state index contributed by atoms with van der Waals surface area (Å²) in [4.78, 5) is 2.41. The molecular weight excluding hydrogens is 739 g/mol. The minimum atomic E-state index is -0.471. The van der Waals surface area contributed by atoms with E-state index >= 15 is 0 Å². The third-order valence-corrected chi connectivity index (χ3v) is 12.8. The minimum absolute atomic E-state index is 0.471. The highest BCUT2D eigenvalue weighted by atomic mass is 16.3. The Kier molecular flexibility index (Phi) is 8.11. The first-order valence-electron chi connectivity index (χ1n) is 21.0. The van der Waals surface area contributed by atoms with Gasteiger partial charge in [0.1, 0.15) is 11.2 Å². The lowest BCUT2D eigenvalue weighted by Crippen LogP contribution is -2.28. The van der Waals surface area contributed by atoms with Gasteiger partial charge in [0, 0.05) is 33.1 Å². The van der Waals surface area contributed by atoms with E-state index in [0.717, 1.165) is 50.1 Å². The molecule has 2 heteroatoms. The number of para-hydroxylation sites is 2. The summed E-state index contributed by atoms with van der Waals surface area (Å²) in [6, 6.07) is 86.0. The van der Waals surface area contributed by atoms with Gasteiger partial charge in [-0.15, -0.1) is 0 Å². The summed E-state index contributed by atoms with van der Waals surface area (Å²) in [5, 5.41) is 4.66. The summed E-state index contributed by atoms with van der Waals surface area (Å²) in [7, 11) is 0. The quantitative estimate of drug-likeness (QED) is 0.160. The van der Waals surface area contributed by atoms with Crippen LogP contribution < -0.4 is 4.90 Å². The Labute approximate surface area is 355 Å². The molecule has 0 radical (unpaired) electrons. The maximum Gasteiger partial charge on any atom is 0.143 e. The van der Waals surface area contributed by atoms with Crippen LogP contribution in [0, 0.1) is 0 Å². The first-order valence-corrected chi connectivity index (χ1v) is 21.0. The summed E-state index contributed by atoms with van der Waals surface area (Å²) in [6.45, 7) is 0. The van der Waals surface area contributed by atoms with Gasteiger partial charge in [0.15, 0.2) is 0 Å². The van der Waals surface area contributed by atoms with E-state index in [1.165, 1.54) is 55.3 Å². The van der Waals surface area contributed by atoms with Crippen molar-refractivity contribution in [3.05, 3.63) is 259 Å². The van der Waals surface area contributed by atoms with Crippen molar-refractivity contribution in [2.45, 2.75) is 5.41 Å². The molecule has 0 saturated heterocycles. The van der Waals surface area contributed by atoms with Gasteiger partial charge in [-0.3, -0.25) is 0 Å². The smallest absolute Gasteiger partial charge is 0.143 e. The fourth-order valence-corrected chi connectivity index (χ4v) is 10.1. The molecule has 0 amide bonds. The molecule has 0 spiro atoms. The number of hydrogen-bond donors (Lipinski definition) is 0. The van der Waals surface area contributed by atoms with Gasteiger partial charge in [-0.25, -0.2) is 0 Å². The number of nitrogens with zero attached hydrogens (tertiary/aromatic N) is 1. The molecule has 286 valence electrons. The molecule has 1 aliphatic carbocycles. The van der Waals surface area contributed by atoms with Crippen molar-refractivity contribution >= 4 is 49.8 Å². The molecule has 1 aliphatic rings. The molecular formula is C59H39NO. The van der Waals surface area contributed by atoms with Crippen molar-refractivity contribution in [1.29, 1.82) is 0 Å². The van der Waals surface area contributed by atoms with Crippen LogP contribution in [0.1, 0.15) is 22.3 Å². The van der Waals surface area contributed by atoms with Crippen molar-refractivity contribution in [3.8, 4) is 33.4 Å². The van der Waals surface area contributed by atoms with E-state index in [2.05, 4.69) is 229 Å². The number of rotatable bonds is 7. The highest BCUT2D eigenvalue weighted by Crippen LogP contribution is 2.56. The van der Waals surface area contributed by atoms with Crippen molar-refractivity contribution in [1.82, 2.24) is 0 Å². The van der Waals surface area contributed by atoms with Gasteiger partial charge in [-0.2, -0.15) is 0 Å². The number of benzene rings is 10. The number of furan rings is 1. The fraction of sp³-hybridized carbons (Fsp3) is 0.0169. The Morgan fingerprint density at radius 2 is 0.820 bits per heavy atom. The molecule has 1 aromatic heterocycles. The third-order valence-electron chi connectivity index (χ3n) is 12.8. The van der Waals surface area contributed by atoms with E-state index in [9.17, 15) is 0 Å². The van der Waals surface area contributed by atoms with Gasteiger partial charge >= 0.3 is 0 Å². The summed E-state index contributed by atoms with van der Waals surface area (Å²) in [5.41, 5.74) is 16.9. The first-order chi connectivity index (χ1) is 30.3. The van der Waals surface area contributed by atoms with Crippen LogP contribution in [-0.4, -0.2) is 0 Å². The first kappa shape index (κ1) is 35.0. The Hall–Kier alpha value is -7.94. The van der Waals surface area contributed by atoms with Gasteiger partial charge in [0.2, 0.25) is 0 Å². The second kappa shape index (κ2) is 14.1. The van der Waals surface area contributed by atoms with Crippen LogP contribution in [0.15, 0.2) is 241 Å². The average molecular weight is 778 g/mol. The highest BCUT2D eigenvalue weighted by molar-refractivity contribution is 6.10. The Balaban J connectivity index is 1.04. The van der Waals surface area contributed by atoms with Gasteiger partial charge in [0.25, 0.3) is 0 Å². The van der Waals surface area contributed by atoms with E-state index < -0.39 is 5.41 Å². The molecule has 0 N–H and O–H groups in total. The second-order valence-electron chi connectivity index (χ2n) is 16.0. The molecule has 0 saturated carbocycles. The van der Waals surface area contributed by atoms with Crippen molar-refractivity contribution in [2.24, 2.45) is 0 Å². The largest absolute Gasteiger partial charge is 0.455 e. The average Bonchev–Trinajstić information content (AvgIpc) is 3.87. The molecule has 0 atom stereocenters. The highest BCUT2D eigenvalue weighted by Gasteiger charge is 2.45. The summed E-state index contributed by atoms with van der Waals surface area (Å²) >= 11 is 0. The SMILES string of the molecule is c1ccc(-c2ccc(N(c3ccc(-c4cccc5c4oc4ccccc45)cc3)c3ccc(C4(c5ccccc5)c5ccccc5-c5ccccc54)cc3)c3ccccc23)cc1. The van der Waals surface area contributed by atoms with Gasteiger partial charge in [-0.1, -0.05) is 200 Å². The maximum absolute atomic E-state index is 6.48. The molecule has 0 aliphatic heterocycles. The predicted octanol–water partition coefficient (Wildman–Crippen LogP) is 15.9. The Morgan fingerprint density at radius 1 is 0.311 bits per heavy atom. The summed E-state index contributed by atoms with van der Waals surface area (Å²) in [5.74, 6) is 0. The number of anilines is 3. The lowest BCUT2D eigenvalue weighted by molar-refractivity contribution is 0.670. The zero-order valence-corrected chi connectivity index (χ0v) is 33.4. The minimum Gasteiger partial charge on any atom is -0.455 e. The second-order valence-corrected chi connectivity index (χ2v) is 16.0. The summed E-state index contributed by atoms with van der Waals surface area (Å²) in [6.07, 6.45) is 0. The zero-order chi connectivity index (χ0) is 40.3. The van der Waals surface area contributed by atoms with Crippen molar-refractivity contribution in [3.63, 3.8) is 0 Å².